The average molecular weight is 426 g/mol. The molecule has 0 spiro atoms. The molecular weight excluding hydrogens is 399 g/mol. The summed E-state index contributed by atoms with van der Waals surface area (Å²) in [5.41, 5.74) is 2.90. The zero-order valence-corrected chi connectivity index (χ0v) is 18.0. The number of aromatic nitrogens is 3. The molecule has 1 aliphatic rings. The lowest BCUT2D eigenvalue weighted by Crippen LogP contribution is -2.41. The summed E-state index contributed by atoms with van der Waals surface area (Å²) in [5.74, 6) is -0.837. The first-order valence-corrected chi connectivity index (χ1v) is 10.6. The first kappa shape index (κ1) is 21.2. The lowest BCUT2D eigenvalue weighted by atomic mass is 10.0. The van der Waals surface area contributed by atoms with Crippen molar-refractivity contribution >= 4 is 16.7 Å². The molecule has 1 aromatic carbocycles. The van der Waals surface area contributed by atoms with Crippen LogP contribution in [0.3, 0.4) is 0 Å². The van der Waals surface area contributed by atoms with Gasteiger partial charge >= 0.3 is 0 Å². The zero-order chi connectivity index (χ0) is 22.1. The highest BCUT2D eigenvalue weighted by Gasteiger charge is 2.26. The molecule has 0 saturated carbocycles. The van der Waals surface area contributed by atoms with Gasteiger partial charge in [0, 0.05) is 42.9 Å². The van der Waals surface area contributed by atoms with Gasteiger partial charge in [-0.15, -0.1) is 0 Å². The van der Waals surface area contributed by atoms with Gasteiger partial charge in [-0.05, 0) is 51.3 Å². The summed E-state index contributed by atoms with van der Waals surface area (Å²) < 4.78 is 20.2. The maximum atomic E-state index is 14.5. The van der Waals surface area contributed by atoms with Gasteiger partial charge in [0.25, 0.3) is 11.5 Å². The first-order chi connectivity index (χ1) is 14.9. The summed E-state index contributed by atoms with van der Waals surface area (Å²) in [6, 6.07) is 4.58. The minimum atomic E-state index is -0.533. The molecular formula is C23H27FN4O3. The number of rotatable bonds is 5. The van der Waals surface area contributed by atoms with E-state index in [0.29, 0.717) is 37.2 Å². The fraction of sp³-hybridized carbons (Fsp3) is 0.435. The van der Waals surface area contributed by atoms with E-state index in [2.05, 4.69) is 15.2 Å². The maximum Gasteiger partial charge on any atom is 0.273 e. The van der Waals surface area contributed by atoms with Crippen LogP contribution in [0.2, 0.25) is 0 Å². The monoisotopic (exact) mass is 426 g/mol. The molecule has 0 aliphatic carbocycles. The number of nitrogens with zero attached hydrogens (tertiary/aromatic N) is 2. The number of piperidine rings is 1. The number of aryl methyl sites for hydroxylation is 2. The number of carbonyl (C=O) groups is 1. The lowest BCUT2D eigenvalue weighted by molar-refractivity contribution is 0.0144. The molecule has 7 nitrogen and oxygen atoms in total. The minimum Gasteiger partial charge on any atom is -0.378 e. The number of fused-ring (bicyclic) bond motifs is 1. The molecule has 0 radical (unpaired) electrons. The molecule has 164 valence electrons. The second-order valence-corrected chi connectivity index (χ2v) is 8.06. The van der Waals surface area contributed by atoms with Crippen LogP contribution in [0.4, 0.5) is 4.39 Å². The molecule has 4 rings (SSSR count). The Morgan fingerprint density at radius 2 is 1.94 bits per heavy atom. The van der Waals surface area contributed by atoms with Crippen molar-refractivity contribution in [2.45, 2.75) is 46.1 Å². The molecule has 0 unspecified atom stereocenters. The van der Waals surface area contributed by atoms with Gasteiger partial charge in [0.2, 0.25) is 0 Å². The Balaban J connectivity index is 1.59. The third-order valence-corrected chi connectivity index (χ3v) is 5.95. The molecule has 2 aromatic heterocycles. The SMILES string of the molecule is CCOC1CCN(C(=O)c2cc(Cc3n[nH]c(=O)c4c(C)[nH]c(C)c34)ccc2F)CC1. The van der Waals surface area contributed by atoms with Gasteiger partial charge in [-0.1, -0.05) is 6.07 Å². The molecule has 2 N–H and O–H groups in total. The van der Waals surface area contributed by atoms with E-state index in [1.165, 1.54) is 6.07 Å². The number of aromatic amines is 2. The Kier molecular flexibility index (Phi) is 5.91. The Bertz CT molecular complexity index is 1180. The topological polar surface area (TPSA) is 91.1 Å². The fourth-order valence-electron chi connectivity index (χ4n) is 4.46. The molecule has 1 fully saturated rings. The van der Waals surface area contributed by atoms with Crippen LogP contribution in [0.25, 0.3) is 10.8 Å². The van der Waals surface area contributed by atoms with Crippen molar-refractivity contribution in [3.05, 3.63) is 62.6 Å². The predicted octanol–water partition coefficient (Wildman–Crippen LogP) is 3.24. The summed E-state index contributed by atoms with van der Waals surface area (Å²) >= 11 is 0. The Labute approximate surface area is 179 Å². The molecule has 3 aromatic rings. The number of H-pyrrole nitrogens is 2. The molecule has 1 amide bonds. The van der Waals surface area contributed by atoms with Crippen LogP contribution < -0.4 is 5.56 Å². The van der Waals surface area contributed by atoms with Gasteiger partial charge in [0.15, 0.2) is 0 Å². The number of benzene rings is 1. The minimum absolute atomic E-state index is 0.0648. The van der Waals surface area contributed by atoms with Crippen LogP contribution in [-0.4, -0.2) is 51.8 Å². The van der Waals surface area contributed by atoms with E-state index in [-0.39, 0.29) is 23.1 Å². The molecule has 1 saturated heterocycles. The summed E-state index contributed by atoms with van der Waals surface area (Å²) in [6.07, 6.45) is 2.05. The Hall–Kier alpha value is -3.00. The Morgan fingerprint density at radius 1 is 1.23 bits per heavy atom. The molecule has 3 heterocycles. The van der Waals surface area contributed by atoms with E-state index < -0.39 is 5.82 Å². The van der Waals surface area contributed by atoms with Crippen LogP contribution in [0, 0.1) is 19.7 Å². The van der Waals surface area contributed by atoms with Gasteiger partial charge in [-0.3, -0.25) is 9.59 Å². The molecule has 8 heteroatoms. The fourth-order valence-corrected chi connectivity index (χ4v) is 4.46. The zero-order valence-electron chi connectivity index (χ0n) is 18.0. The summed E-state index contributed by atoms with van der Waals surface area (Å²) in [6.45, 7) is 7.46. The van der Waals surface area contributed by atoms with Crippen molar-refractivity contribution in [3.63, 3.8) is 0 Å². The maximum absolute atomic E-state index is 14.5. The number of carbonyl (C=O) groups excluding carboxylic acids is 1. The molecule has 1 aliphatic heterocycles. The van der Waals surface area contributed by atoms with Crippen LogP contribution in [-0.2, 0) is 11.2 Å². The summed E-state index contributed by atoms with van der Waals surface area (Å²) in [7, 11) is 0. The van der Waals surface area contributed by atoms with E-state index in [9.17, 15) is 14.0 Å². The second-order valence-electron chi connectivity index (χ2n) is 8.06. The smallest absolute Gasteiger partial charge is 0.273 e. The van der Waals surface area contributed by atoms with E-state index in [0.717, 1.165) is 35.2 Å². The number of hydrogen-bond acceptors (Lipinski definition) is 4. The highest BCUT2D eigenvalue weighted by molar-refractivity contribution is 5.95. The molecule has 0 atom stereocenters. The third kappa shape index (κ3) is 4.12. The normalized spacial score (nSPS) is 15.0. The second kappa shape index (κ2) is 8.63. The third-order valence-electron chi connectivity index (χ3n) is 5.95. The quantitative estimate of drug-likeness (QED) is 0.655. The van der Waals surface area contributed by atoms with Crippen molar-refractivity contribution in [3.8, 4) is 0 Å². The number of amides is 1. The van der Waals surface area contributed by atoms with E-state index >= 15 is 0 Å². The highest BCUT2D eigenvalue weighted by atomic mass is 19.1. The van der Waals surface area contributed by atoms with E-state index in [1.807, 2.05) is 20.8 Å². The number of halogens is 1. The van der Waals surface area contributed by atoms with Gasteiger partial charge in [0.05, 0.1) is 22.7 Å². The van der Waals surface area contributed by atoms with Gasteiger partial charge in [0.1, 0.15) is 5.82 Å². The molecule has 31 heavy (non-hydrogen) atoms. The van der Waals surface area contributed by atoms with Crippen molar-refractivity contribution < 1.29 is 13.9 Å². The van der Waals surface area contributed by atoms with Crippen molar-refractivity contribution in [1.29, 1.82) is 0 Å². The molecule has 0 bridgehead atoms. The van der Waals surface area contributed by atoms with E-state index in [4.69, 9.17) is 4.74 Å². The number of hydrogen-bond donors (Lipinski definition) is 2. The number of ether oxygens (including phenoxy) is 1. The summed E-state index contributed by atoms with van der Waals surface area (Å²) in [5, 5.41) is 8.13. The van der Waals surface area contributed by atoms with Crippen molar-refractivity contribution in [2.24, 2.45) is 0 Å². The number of nitrogens with one attached hydrogen (secondary N) is 2. The van der Waals surface area contributed by atoms with Crippen LogP contribution in [0.15, 0.2) is 23.0 Å². The predicted molar refractivity (Wildman–Crippen MR) is 116 cm³/mol. The van der Waals surface area contributed by atoms with Gasteiger partial charge in [-0.2, -0.15) is 5.10 Å². The largest absolute Gasteiger partial charge is 0.378 e. The summed E-state index contributed by atoms with van der Waals surface area (Å²) in [4.78, 5) is 30.1. The van der Waals surface area contributed by atoms with Crippen molar-refractivity contribution in [2.75, 3.05) is 19.7 Å². The Morgan fingerprint density at radius 3 is 2.65 bits per heavy atom. The van der Waals surface area contributed by atoms with Crippen LogP contribution in [0.5, 0.6) is 0 Å². The van der Waals surface area contributed by atoms with Gasteiger partial charge < -0.3 is 14.6 Å². The number of likely N-dealkylation sites (tertiary alicyclic amines) is 1. The van der Waals surface area contributed by atoms with Crippen molar-refractivity contribution in [1.82, 2.24) is 20.1 Å². The van der Waals surface area contributed by atoms with E-state index in [1.54, 1.807) is 17.0 Å². The van der Waals surface area contributed by atoms with Crippen LogP contribution >= 0.6 is 0 Å². The standard InChI is InChI=1S/C23H27FN4O3/c1-4-31-16-7-9-28(10-8-16)23(30)17-11-15(5-6-18(17)24)12-19-20-13(2)25-14(3)21(20)22(29)27-26-19/h5-6,11,16,25H,4,7-10,12H2,1-3H3,(H,27,29). The van der Waals surface area contributed by atoms with Gasteiger partial charge in [-0.25, -0.2) is 9.49 Å². The average Bonchev–Trinajstić information content (AvgIpc) is 3.07. The highest BCUT2D eigenvalue weighted by Crippen LogP contribution is 2.24. The van der Waals surface area contributed by atoms with Crippen LogP contribution in [0.1, 0.15) is 52.8 Å². The first-order valence-electron chi connectivity index (χ1n) is 10.6. The lowest BCUT2D eigenvalue weighted by Gasteiger charge is -2.32.